The first-order valence-electron chi connectivity index (χ1n) is 9.37. The van der Waals surface area contributed by atoms with Gasteiger partial charge in [-0.25, -0.2) is 4.79 Å². The number of carbonyl (C=O) groups excluding carboxylic acids is 2. The van der Waals surface area contributed by atoms with E-state index < -0.39 is 0 Å². The molecule has 24 heavy (non-hydrogen) atoms. The van der Waals surface area contributed by atoms with Gasteiger partial charge < -0.3 is 20.7 Å². The second kappa shape index (κ2) is 8.67. The first-order chi connectivity index (χ1) is 11.7. The minimum atomic E-state index is -0.226. The first-order valence-corrected chi connectivity index (χ1v) is 9.37. The molecule has 2 aliphatic heterocycles. The van der Waals surface area contributed by atoms with Gasteiger partial charge >= 0.3 is 6.03 Å². The van der Waals surface area contributed by atoms with Gasteiger partial charge in [-0.05, 0) is 32.2 Å². The summed E-state index contributed by atoms with van der Waals surface area (Å²) in [6, 6.07) is 0.688. The molecule has 3 fully saturated rings. The van der Waals surface area contributed by atoms with E-state index in [4.69, 9.17) is 4.74 Å². The number of nitrogens with zero attached hydrogens (tertiary/aromatic N) is 1. The molecule has 136 valence electrons. The van der Waals surface area contributed by atoms with Crippen molar-refractivity contribution in [1.29, 1.82) is 0 Å². The van der Waals surface area contributed by atoms with E-state index in [9.17, 15) is 9.59 Å². The summed E-state index contributed by atoms with van der Waals surface area (Å²) in [7, 11) is 0. The molecule has 2 saturated heterocycles. The third-order valence-electron chi connectivity index (χ3n) is 5.31. The van der Waals surface area contributed by atoms with Crippen LogP contribution in [-0.2, 0) is 9.53 Å². The van der Waals surface area contributed by atoms with E-state index in [1.807, 2.05) is 0 Å². The molecule has 3 N–H and O–H groups in total. The highest BCUT2D eigenvalue weighted by atomic mass is 16.5. The maximum Gasteiger partial charge on any atom is 0.314 e. The fourth-order valence-corrected chi connectivity index (χ4v) is 3.94. The number of hydrogen-bond donors (Lipinski definition) is 3. The van der Waals surface area contributed by atoms with Crippen molar-refractivity contribution in [3.8, 4) is 0 Å². The summed E-state index contributed by atoms with van der Waals surface area (Å²) in [5.41, 5.74) is 0. The van der Waals surface area contributed by atoms with Crippen LogP contribution in [0.4, 0.5) is 4.79 Å². The van der Waals surface area contributed by atoms with Crippen molar-refractivity contribution < 1.29 is 14.3 Å². The lowest BCUT2D eigenvalue weighted by Crippen LogP contribution is -2.51. The SMILES string of the molecule is O=C(CCNC(=O)NCC1CN2CCCC2CO1)NC1CCCC1. The molecule has 2 unspecified atom stereocenters. The first kappa shape index (κ1) is 17.5. The van der Waals surface area contributed by atoms with Crippen LogP contribution >= 0.6 is 0 Å². The van der Waals surface area contributed by atoms with Crippen LogP contribution in [0.5, 0.6) is 0 Å². The fourth-order valence-electron chi connectivity index (χ4n) is 3.94. The van der Waals surface area contributed by atoms with Gasteiger partial charge in [-0.15, -0.1) is 0 Å². The molecular formula is C17H30N4O3. The van der Waals surface area contributed by atoms with Crippen LogP contribution in [0.1, 0.15) is 44.9 Å². The van der Waals surface area contributed by atoms with E-state index in [1.165, 1.54) is 25.7 Å². The Morgan fingerprint density at radius 3 is 2.75 bits per heavy atom. The standard InChI is InChI=1S/C17H30N4O3/c22-16(20-13-4-1-2-5-13)7-8-18-17(23)19-10-15-11-21-9-3-6-14(21)12-24-15/h13-15H,1-12H2,(H,20,22)(H2,18,19,23). The average Bonchev–Trinajstić information content (AvgIpc) is 3.23. The van der Waals surface area contributed by atoms with Gasteiger partial charge in [0.1, 0.15) is 0 Å². The van der Waals surface area contributed by atoms with Gasteiger partial charge in [0, 0.05) is 38.1 Å². The highest BCUT2D eigenvalue weighted by Gasteiger charge is 2.32. The maximum absolute atomic E-state index is 11.8. The zero-order valence-corrected chi connectivity index (χ0v) is 14.4. The quantitative estimate of drug-likeness (QED) is 0.662. The normalized spacial score (nSPS) is 27.7. The van der Waals surface area contributed by atoms with Gasteiger partial charge in [-0.2, -0.15) is 0 Å². The van der Waals surface area contributed by atoms with Crippen LogP contribution < -0.4 is 16.0 Å². The van der Waals surface area contributed by atoms with Gasteiger partial charge in [-0.3, -0.25) is 9.69 Å². The number of carbonyl (C=O) groups is 2. The van der Waals surface area contributed by atoms with Crippen LogP contribution in [0.3, 0.4) is 0 Å². The van der Waals surface area contributed by atoms with Crippen molar-refractivity contribution in [2.24, 2.45) is 0 Å². The number of nitrogens with one attached hydrogen (secondary N) is 3. The third-order valence-corrected chi connectivity index (χ3v) is 5.31. The molecule has 2 atom stereocenters. The lowest BCUT2D eigenvalue weighted by atomic mass is 10.2. The van der Waals surface area contributed by atoms with Crippen LogP contribution in [0, 0.1) is 0 Å². The molecule has 0 radical (unpaired) electrons. The Morgan fingerprint density at radius 1 is 1.08 bits per heavy atom. The predicted molar refractivity (Wildman–Crippen MR) is 90.8 cm³/mol. The van der Waals surface area contributed by atoms with Crippen molar-refractivity contribution in [2.75, 3.05) is 32.8 Å². The second-order valence-corrected chi connectivity index (χ2v) is 7.18. The molecule has 2 heterocycles. The summed E-state index contributed by atoms with van der Waals surface area (Å²) in [6.45, 7) is 3.70. The lowest BCUT2D eigenvalue weighted by Gasteiger charge is -2.35. The Balaban J connectivity index is 1.24. The summed E-state index contributed by atoms with van der Waals surface area (Å²) in [5, 5.41) is 8.61. The summed E-state index contributed by atoms with van der Waals surface area (Å²) >= 11 is 0. The smallest absolute Gasteiger partial charge is 0.314 e. The Labute approximate surface area is 143 Å². The fraction of sp³-hybridized carbons (Fsp3) is 0.882. The molecule has 7 heteroatoms. The Hall–Kier alpha value is -1.34. The molecule has 0 spiro atoms. The predicted octanol–water partition coefficient (Wildman–Crippen LogP) is 0.598. The minimum Gasteiger partial charge on any atom is -0.373 e. The van der Waals surface area contributed by atoms with Crippen molar-refractivity contribution in [1.82, 2.24) is 20.9 Å². The molecule has 3 rings (SSSR count). The maximum atomic E-state index is 11.8. The molecule has 0 bridgehead atoms. The third kappa shape index (κ3) is 5.08. The van der Waals surface area contributed by atoms with Gasteiger partial charge in [0.25, 0.3) is 0 Å². The number of hydrogen-bond acceptors (Lipinski definition) is 4. The van der Waals surface area contributed by atoms with Gasteiger partial charge in [0.2, 0.25) is 5.91 Å². The molecule has 7 nitrogen and oxygen atoms in total. The Bertz CT molecular complexity index is 440. The summed E-state index contributed by atoms with van der Waals surface area (Å²) in [6.07, 6.45) is 7.44. The highest BCUT2D eigenvalue weighted by molar-refractivity contribution is 5.78. The van der Waals surface area contributed by atoms with Gasteiger partial charge in [0.05, 0.1) is 12.7 Å². The molecule has 3 amide bonds. The van der Waals surface area contributed by atoms with Crippen molar-refractivity contribution in [2.45, 2.75) is 63.1 Å². The Morgan fingerprint density at radius 2 is 1.92 bits per heavy atom. The van der Waals surface area contributed by atoms with Crippen molar-refractivity contribution in [3.05, 3.63) is 0 Å². The molecule has 3 aliphatic rings. The van der Waals surface area contributed by atoms with Crippen molar-refractivity contribution in [3.63, 3.8) is 0 Å². The van der Waals surface area contributed by atoms with E-state index in [0.717, 1.165) is 32.5 Å². The summed E-state index contributed by atoms with van der Waals surface area (Å²) < 4.78 is 5.81. The van der Waals surface area contributed by atoms with E-state index in [0.29, 0.717) is 31.6 Å². The summed E-state index contributed by atoms with van der Waals surface area (Å²) in [5.74, 6) is 0.0258. The van der Waals surface area contributed by atoms with Crippen LogP contribution in [0.15, 0.2) is 0 Å². The zero-order chi connectivity index (χ0) is 16.8. The number of fused-ring (bicyclic) bond motifs is 1. The number of morpholine rings is 1. The highest BCUT2D eigenvalue weighted by Crippen LogP contribution is 2.22. The lowest BCUT2D eigenvalue weighted by molar-refractivity contribution is -0.121. The second-order valence-electron chi connectivity index (χ2n) is 7.18. The number of amides is 3. The molecule has 0 aromatic carbocycles. The van der Waals surface area contributed by atoms with Gasteiger partial charge in [0.15, 0.2) is 0 Å². The van der Waals surface area contributed by atoms with Crippen LogP contribution in [0.25, 0.3) is 0 Å². The number of rotatable bonds is 6. The molecule has 0 aromatic rings. The summed E-state index contributed by atoms with van der Waals surface area (Å²) in [4.78, 5) is 26.1. The van der Waals surface area contributed by atoms with Crippen molar-refractivity contribution >= 4 is 11.9 Å². The molecule has 1 aliphatic carbocycles. The molecule has 1 saturated carbocycles. The van der Waals surface area contributed by atoms with E-state index >= 15 is 0 Å². The van der Waals surface area contributed by atoms with E-state index in [1.54, 1.807) is 0 Å². The zero-order valence-electron chi connectivity index (χ0n) is 14.4. The number of ether oxygens (including phenoxy) is 1. The van der Waals surface area contributed by atoms with E-state index in [-0.39, 0.29) is 18.0 Å². The Kier molecular flexibility index (Phi) is 6.31. The topological polar surface area (TPSA) is 82.7 Å². The van der Waals surface area contributed by atoms with Gasteiger partial charge in [-0.1, -0.05) is 12.8 Å². The van der Waals surface area contributed by atoms with Crippen LogP contribution in [-0.4, -0.2) is 67.8 Å². The minimum absolute atomic E-state index is 0.0258. The monoisotopic (exact) mass is 338 g/mol. The van der Waals surface area contributed by atoms with Crippen LogP contribution in [0.2, 0.25) is 0 Å². The molecular weight excluding hydrogens is 308 g/mol. The largest absolute Gasteiger partial charge is 0.373 e. The van der Waals surface area contributed by atoms with E-state index in [2.05, 4.69) is 20.9 Å². The average molecular weight is 338 g/mol. The molecule has 0 aromatic heterocycles. The number of urea groups is 1.